The summed E-state index contributed by atoms with van der Waals surface area (Å²) in [4.78, 5) is 18.8. The van der Waals surface area contributed by atoms with Crippen LogP contribution < -0.4 is 4.74 Å². The second-order valence-corrected chi connectivity index (χ2v) is 3.33. The fourth-order valence-electron chi connectivity index (χ4n) is 1.19. The van der Waals surface area contributed by atoms with Gasteiger partial charge in [0.1, 0.15) is 11.6 Å². The number of carbonyl (C=O) groups excluding carboxylic acids is 1. The van der Waals surface area contributed by atoms with Crippen LogP contribution in [0.2, 0.25) is 0 Å². The molecule has 5 heteroatoms. The van der Waals surface area contributed by atoms with E-state index in [4.69, 9.17) is 4.74 Å². The lowest BCUT2D eigenvalue weighted by atomic mass is 10.3. The van der Waals surface area contributed by atoms with Crippen LogP contribution >= 0.6 is 0 Å². The number of nitrogens with zero attached hydrogens (tertiary/aromatic N) is 2. The number of hydrogen-bond acceptors (Lipinski definition) is 4. The summed E-state index contributed by atoms with van der Waals surface area (Å²) in [6.45, 7) is 1.37. The van der Waals surface area contributed by atoms with Gasteiger partial charge in [0.2, 0.25) is 5.88 Å². The second-order valence-electron chi connectivity index (χ2n) is 3.33. The van der Waals surface area contributed by atoms with E-state index in [0.29, 0.717) is 5.75 Å². The number of hydrogen-bond donors (Lipinski definition) is 0. The first kappa shape index (κ1) is 11.2. The Morgan fingerprint density at radius 2 is 1.94 bits per heavy atom. The number of ether oxygens (including phenoxy) is 1. The third-order valence-corrected chi connectivity index (χ3v) is 1.98. The highest BCUT2D eigenvalue weighted by molar-refractivity contribution is 5.90. The molecule has 0 spiro atoms. The van der Waals surface area contributed by atoms with Gasteiger partial charge in [-0.05, 0) is 24.3 Å². The van der Waals surface area contributed by atoms with Gasteiger partial charge in [-0.2, -0.15) is 4.98 Å². The monoisotopic (exact) mass is 232 g/mol. The van der Waals surface area contributed by atoms with Gasteiger partial charge in [0.15, 0.2) is 11.6 Å². The molecular weight excluding hydrogens is 223 g/mol. The van der Waals surface area contributed by atoms with E-state index < -0.39 is 0 Å². The summed E-state index contributed by atoms with van der Waals surface area (Å²) in [6, 6.07) is 7.04. The maximum Gasteiger partial charge on any atom is 0.222 e. The Balaban J connectivity index is 2.21. The number of halogens is 1. The van der Waals surface area contributed by atoms with Gasteiger partial charge in [-0.15, -0.1) is 0 Å². The molecule has 0 atom stereocenters. The SMILES string of the molecule is CC(=O)c1nccc(Oc2ccc(F)cc2)n1. The predicted octanol–water partition coefficient (Wildman–Crippen LogP) is 2.61. The van der Waals surface area contributed by atoms with E-state index in [1.54, 1.807) is 0 Å². The third-order valence-electron chi connectivity index (χ3n) is 1.98. The zero-order chi connectivity index (χ0) is 12.3. The molecule has 0 fully saturated rings. The molecule has 1 aromatic heterocycles. The molecule has 2 rings (SSSR count). The molecule has 0 radical (unpaired) electrons. The normalized spacial score (nSPS) is 10.0. The molecule has 0 saturated heterocycles. The Kier molecular flexibility index (Phi) is 3.09. The summed E-state index contributed by atoms with van der Waals surface area (Å²) in [6.07, 6.45) is 1.43. The van der Waals surface area contributed by atoms with Crippen LogP contribution in [0, 0.1) is 5.82 Å². The minimum absolute atomic E-state index is 0.0876. The van der Waals surface area contributed by atoms with Crippen LogP contribution in [0.25, 0.3) is 0 Å². The lowest BCUT2D eigenvalue weighted by molar-refractivity contribution is 0.100. The van der Waals surface area contributed by atoms with E-state index in [2.05, 4.69) is 9.97 Å². The van der Waals surface area contributed by atoms with Crippen molar-refractivity contribution in [3.8, 4) is 11.6 Å². The zero-order valence-corrected chi connectivity index (χ0v) is 9.05. The molecule has 1 heterocycles. The Labute approximate surface area is 97.1 Å². The first-order chi connectivity index (χ1) is 8.15. The smallest absolute Gasteiger partial charge is 0.222 e. The van der Waals surface area contributed by atoms with Crippen LogP contribution in [0.3, 0.4) is 0 Å². The first-order valence-corrected chi connectivity index (χ1v) is 4.92. The van der Waals surface area contributed by atoms with Crippen molar-refractivity contribution in [2.45, 2.75) is 6.92 Å². The van der Waals surface area contributed by atoms with Gasteiger partial charge in [-0.25, -0.2) is 9.37 Å². The van der Waals surface area contributed by atoms with E-state index in [-0.39, 0.29) is 23.3 Å². The van der Waals surface area contributed by atoms with Crippen LogP contribution in [0.5, 0.6) is 11.6 Å². The highest BCUT2D eigenvalue weighted by Crippen LogP contribution is 2.18. The average Bonchev–Trinajstić information content (AvgIpc) is 2.32. The summed E-state index contributed by atoms with van der Waals surface area (Å²) in [5, 5.41) is 0. The van der Waals surface area contributed by atoms with Crippen molar-refractivity contribution in [1.82, 2.24) is 9.97 Å². The number of Topliss-reactive ketones (excluding diaryl/α,β-unsaturated/α-hetero) is 1. The minimum Gasteiger partial charge on any atom is -0.439 e. The predicted molar refractivity (Wildman–Crippen MR) is 58.5 cm³/mol. The molecule has 0 saturated carbocycles. The fraction of sp³-hybridized carbons (Fsp3) is 0.0833. The number of benzene rings is 1. The summed E-state index contributed by atoms with van der Waals surface area (Å²) in [5.41, 5.74) is 0. The number of ketones is 1. The van der Waals surface area contributed by atoms with Crippen molar-refractivity contribution in [3.05, 3.63) is 48.2 Å². The minimum atomic E-state index is -0.343. The van der Waals surface area contributed by atoms with Gasteiger partial charge in [-0.1, -0.05) is 0 Å². The van der Waals surface area contributed by atoms with E-state index in [0.717, 1.165) is 0 Å². The largest absolute Gasteiger partial charge is 0.439 e. The van der Waals surface area contributed by atoms with Crippen LogP contribution in [-0.4, -0.2) is 15.8 Å². The molecule has 86 valence electrons. The Bertz CT molecular complexity index is 540. The maximum absolute atomic E-state index is 12.7. The van der Waals surface area contributed by atoms with E-state index in [1.807, 2.05) is 0 Å². The number of carbonyl (C=O) groups is 1. The second kappa shape index (κ2) is 4.69. The molecule has 17 heavy (non-hydrogen) atoms. The Hall–Kier alpha value is -2.30. The standard InChI is InChI=1S/C12H9FN2O2/c1-8(16)12-14-7-6-11(15-12)17-10-4-2-9(13)3-5-10/h2-7H,1H3. The lowest BCUT2D eigenvalue weighted by Crippen LogP contribution is -2.01. The summed E-state index contributed by atoms with van der Waals surface area (Å²) in [5.74, 6) is 0.194. The maximum atomic E-state index is 12.7. The van der Waals surface area contributed by atoms with Gasteiger partial charge < -0.3 is 4.74 Å². The zero-order valence-electron chi connectivity index (χ0n) is 9.05. The molecule has 0 aliphatic heterocycles. The van der Waals surface area contributed by atoms with Gasteiger partial charge in [0.05, 0.1) is 0 Å². The quantitative estimate of drug-likeness (QED) is 0.763. The van der Waals surface area contributed by atoms with Crippen molar-refractivity contribution in [3.63, 3.8) is 0 Å². The number of rotatable bonds is 3. The molecule has 0 N–H and O–H groups in total. The number of aromatic nitrogens is 2. The van der Waals surface area contributed by atoms with Gasteiger partial charge >= 0.3 is 0 Å². The van der Waals surface area contributed by atoms with Crippen molar-refractivity contribution in [2.24, 2.45) is 0 Å². The van der Waals surface area contributed by atoms with E-state index >= 15 is 0 Å². The Morgan fingerprint density at radius 1 is 1.24 bits per heavy atom. The molecule has 1 aromatic carbocycles. The summed E-state index contributed by atoms with van der Waals surface area (Å²) in [7, 11) is 0. The van der Waals surface area contributed by atoms with Crippen LogP contribution in [0.4, 0.5) is 4.39 Å². The molecular formula is C12H9FN2O2. The highest BCUT2D eigenvalue weighted by Gasteiger charge is 2.05. The van der Waals surface area contributed by atoms with Crippen molar-refractivity contribution < 1.29 is 13.9 Å². The van der Waals surface area contributed by atoms with Gasteiger partial charge in [-0.3, -0.25) is 4.79 Å². The summed E-state index contributed by atoms with van der Waals surface area (Å²) < 4.78 is 18.0. The third kappa shape index (κ3) is 2.84. The van der Waals surface area contributed by atoms with Crippen LogP contribution in [0.1, 0.15) is 17.5 Å². The topological polar surface area (TPSA) is 52.1 Å². The van der Waals surface area contributed by atoms with Crippen LogP contribution in [-0.2, 0) is 0 Å². The molecule has 2 aromatic rings. The Morgan fingerprint density at radius 3 is 2.59 bits per heavy atom. The molecule has 4 nitrogen and oxygen atoms in total. The van der Waals surface area contributed by atoms with E-state index in [1.165, 1.54) is 43.5 Å². The van der Waals surface area contributed by atoms with Crippen molar-refractivity contribution in [2.75, 3.05) is 0 Å². The van der Waals surface area contributed by atoms with Crippen molar-refractivity contribution in [1.29, 1.82) is 0 Å². The molecule has 0 bridgehead atoms. The van der Waals surface area contributed by atoms with Crippen LogP contribution in [0.15, 0.2) is 36.5 Å². The van der Waals surface area contributed by atoms with E-state index in [9.17, 15) is 9.18 Å². The molecule has 0 aliphatic rings. The lowest BCUT2D eigenvalue weighted by Gasteiger charge is -2.04. The molecule has 0 unspecified atom stereocenters. The highest BCUT2D eigenvalue weighted by atomic mass is 19.1. The fourth-order valence-corrected chi connectivity index (χ4v) is 1.19. The average molecular weight is 232 g/mol. The molecule has 0 amide bonds. The molecule has 0 aliphatic carbocycles. The van der Waals surface area contributed by atoms with Gasteiger partial charge in [0.25, 0.3) is 0 Å². The van der Waals surface area contributed by atoms with Crippen molar-refractivity contribution >= 4 is 5.78 Å². The first-order valence-electron chi connectivity index (χ1n) is 4.92. The van der Waals surface area contributed by atoms with Gasteiger partial charge in [0, 0.05) is 19.2 Å². The summed E-state index contributed by atoms with van der Waals surface area (Å²) >= 11 is 0.